The highest BCUT2D eigenvalue weighted by atomic mass is 31.2. The molecule has 0 aromatic rings. The molecule has 1 fully saturated rings. The first-order valence-electron chi connectivity index (χ1n) is 24.8. The van der Waals surface area contributed by atoms with Crippen LogP contribution in [0.1, 0.15) is 123 Å². The zero-order chi connectivity index (χ0) is 53.3. The molecule has 19 heteroatoms. The summed E-state index contributed by atoms with van der Waals surface area (Å²) in [5, 5.41) is 51.7. The monoisotopic (exact) mass is 1050 g/mol. The summed E-state index contributed by atoms with van der Waals surface area (Å²) < 4.78 is 49.2. The molecule has 0 heterocycles. The Morgan fingerprint density at radius 1 is 0.514 bits per heavy atom. The predicted octanol–water partition coefficient (Wildman–Crippen LogP) is 9.03. The first kappa shape index (κ1) is 66.1. The van der Waals surface area contributed by atoms with E-state index in [1.54, 1.807) is 12.2 Å². The van der Waals surface area contributed by atoms with Crippen LogP contribution in [0.25, 0.3) is 0 Å². The number of carbonyl (C=O) groups is 2. The normalized spacial score (nSPS) is 22.3. The van der Waals surface area contributed by atoms with Crippen molar-refractivity contribution in [1.29, 1.82) is 0 Å². The smallest absolute Gasteiger partial charge is 0.462 e. The van der Waals surface area contributed by atoms with Crippen LogP contribution >= 0.6 is 15.6 Å². The molecule has 1 aliphatic rings. The lowest BCUT2D eigenvalue weighted by molar-refractivity contribution is -0.216. The van der Waals surface area contributed by atoms with Gasteiger partial charge in [-0.25, -0.2) is 9.13 Å². The van der Waals surface area contributed by atoms with Crippen molar-refractivity contribution in [2.75, 3.05) is 13.2 Å². The van der Waals surface area contributed by atoms with Crippen LogP contribution in [0.2, 0.25) is 0 Å². The second kappa shape index (κ2) is 41.5. The lowest BCUT2D eigenvalue weighted by Crippen LogP contribution is -2.64. The van der Waals surface area contributed by atoms with Crippen molar-refractivity contribution in [1.82, 2.24) is 0 Å². The third-order valence-electron chi connectivity index (χ3n) is 10.3. The molecule has 72 heavy (non-hydrogen) atoms. The summed E-state index contributed by atoms with van der Waals surface area (Å²) in [7, 11) is -10.8. The number of hydrogen-bond acceptors (Lipinski definition) is 14. The van der Waals surface area contributed by atoms with Gasteiger partial charge in [0.2, 0.25) is 0 Å². The van der Waals surface area contributed by atoms with Gasteiger partial charge in [0.05, 0.1) is 12.7 Å². The molecule has 0 saturated heterocycles. The highest BCUT2D eigenvalue weighted by Gasteiger charge is 2.54. The van der Waals surface area contributed by atoms with E-state index < -0.39 is 89.6 Å². The number of aliphatic hydroxyl groups excluding tert-OH is 5. The molecule has 406 valence electrons. The minimum absolute atomic E-state index is 0.0143. The summed E-state index contributed by atoms with van der Waals surface area (Å²) in [4.78, 5) is 54.4. The van der Waals surface area contributed by atoms with Crippen LogP contribution in [-0.4, -0.2) is 114 Å². The largest absolute Gasteiger partial charge is 0.472 e. The number of esters is 2. The average molecular weight is 1050 g/mol. The highest BCUT2D eigenvalue weighted by molar-refractivity contribution is 7.47. The van der Waals surface area contributed by atoms with Crippen LogP contribution in [0, 0.1) is 0 Å². The molecular weight excluding hydrogens is 971 g/mol. The van der Waals surface area contributed by atoms with Gasteiger partial charge in [0.1, 0.15) is 43.2 Å². The Labute approximate surface area is 426 Å². The second-order valence-corrected chi connectivity index (χ2v) is 19.2. The molecule has 1 saturated carbocycles. The van der Waals surface area contributed by atoms with E-state index >= 15 is 0 Å². The van der Waals surface area contributed by atoms with Crippen LogP contribution in [0.3, 0.4) is 0 Å². The van der Waals surface area contributed by atoms with Gasteiger partial charge in [-0.3, -0.25) is 23.2 Å². The van der Waals surface area contributed by atoms with Crippen molar-refractivity contribution in [2.45, 2.75) is 172 Å². The van der Waals surface area contributed by atoms with Crippen LogP contribution < -0.4 is 0 Å². The summed E-state index contributed by atoms with van der Waals surface area (Å²) in [5.74, 6) is -1.54. The van der Waals surface area contributed by atoms with Gasteiger partial charge in [0.25, 0.3) is 0 Å². The Morgan fingerprint density at radius 3 is 1.46 bits per heavy atom. The molecule has 0 aromatic heterocycles. The van der Waals surface area contributed by atoms with Gasteiger partial charge in [-0.15, -0.1) is 0 Å². The summed E-state index contributed by atoms with van der Waals surface area (Å²) in [6, 6.07) is 0. The number of ether oxygens (including phenoxy) is 2. The molecule has 6 unspecified atom stereocenters. The van der Waals surface area contributed by atoms with Crippen LogP contribution in [0.5, 0.6) is 0 Å². The van der Waals surface area contributed by atoms with E-state index in [1.807, 2.05) is 12.2 Å². The van der Waals surface area contributed by atoms with Crippen molar-refractivity contribution in [2.24, 2.45) is 0 Å². The third kappa shape index (κ3) is 35.3. The number of phosphoric acid groups is 2. The third-order valence-corrected chi connectivity index (χ3v) is 11.8. The lowest BCUT2D eigenvalue weighted by Gasteiger charge is -2.43. The van der Waals surface area contributed by atoms with Gasteiger partial charge in [0.15, 0.2) is 6.10 Å². The number of unbranched alkanes of at least 4 members (excludes halogenated alkanes) is 3. The molecule has 0 spiro atoms. The Hall–Kier alpha value is -3.90. The maximum Gasteiger partial charge on any atom is 0.472 e. The molecule has 0 aliphatic heterocycles. The average Bonchev–Trinajstić information content (AvgIpc) is 3.34. The molecule has 9 atom stereocenters. The summed E-state index contributed by atoms with van der Waals surface area (Å²) >= 11 is 0. The van der Waals surface area contributed by atoms with E-state index in [0.29, 0.717) is 19.3 Å². The van der Waals surface area contributed by atoms with E-state index in [1.165, 1.54) is 6.08 Å². The molecule has 0 radical (unpaired) electrons. The highest BCUT2D eigenvalue weighted by Crippen LogP contribution is 2.49. The fourth-order valence-electron chi connectivity index (χ4n) is 6.51. The number of aliphatic hydroxyl groups is 5. The van der Waals surface area contributed by atoms with Crippen molar-refractivity contribution in [3.05, 3.63) is 134 Å². The van der Waals surface area contributed by atoms with E-state index in [-0.39, 0.29) is 19.3 Å². The summed E-state index contributed by atoms with van der Waals surface area (Å²) in [6.07, 6.45) is 40.0. The zero-order valence-corrected chi connectivity index (χ0v) is 43.7. The number of phosphoric ester groups is 2. The van der Waals surface area contributed by atoms with Gasteiger partial charge in [-0.1, -0.05) is 154 Å². The molecule has 0 aromatic carbocycles. The number of allylic oxidation sites excluding steroid dienone is 21. The Bertz CT molecular complexity index is 1910. The van der Waals surface area contributed by atoms with Gasteiger partial charge in [-0.2, -0.15) is 0 Å². The minimum atomic E-state index is -5.40. The van der Waals surface area contributed by atoms with Crippen molar-refractivity contribution < 1.29 is 82.0 Å². The van der Waals surface area contributed by atoms with Crippen molar-refractivity contribution in [3.8, 4) is 0 Å². The van der Waals surface area contributed by atoms with Crippen molar-refractivity contribution >= 4 is 27.6 Å². The van der Waals surface area contributed by atoms with Crippen molar-refractivity contribution in [3.63, 3.8) is 0 Å². The van der Waals surface area contributed by atoms with Crippen LogP contribution in [0.15, 0.2) is 134 Å². The van der Waals surface area contributed by atoms with Crippen LogP contribution in [-0.2, 0) is 41.8 Å². The number of rotatable bonds is 39. The Kier molecular flexibility index (Phi) is 38.1. The Balaban J connectivity index is 2.70. The number of hydrogen-bond donors (Lipinski definition) is 8. The summed E-state index contributed by atoms with van der Waals surface area (Å²) in [6.45, 7) is 2.63. The van der Waals surface area contributed by atoms with Gasteiger partial charge in [-0.05, 0) is 89.9 Å². The fourth-order valence-corrected chi connectivity index (χ4v) is 8.05. The predicted molar refractivity (Wildman–Crippen MR) is 279 cm³/mol. The lowest BCUT2D eigenvalue weighted by atomic mass is 9.85. The molecular formula is C53H82O17P2. The molecule has 8 N–H and O–H groups in total. The SMILES string of the molecule is CC/C=C\C/C=C\C/C=C\C/C=C\C/C=C\C=C/C(O)CCC(=O)OC[C@H](COP(=O)(O)O[C@H]1C(O)C(O)C(O)[C@@H](OP(=O)(O)O)C1O)OC(=O)CCCCC/C=C\C/C=C\C/C=C\C/C=C\C/C=C\CC. The van der Waals surface area contributed by atoms with E-state index in [9.17, 15) is 58.9 Å². The van der Waals surface area contributed by atoms with Gasteiger partial charge in [0, 0.05) is 12.8 Å². The molecule has 1 aliphatic carbocycles. The first-order valence-corrected chi connectivity index (χ1v) is 27.9. The van der Waals surface area contributed by atoms with Crippen LogP contribution in [0.4, 0.5) is 0 Å². The molecule has 1 rings (SSSR count). The quantitative estimate of drug-likeness (QED) is 0.00937. The second-order valence-electron chi connectivity index (χ2n) is 16.6. The first-order chi connectivity index (χ1) is 34.5. The standard InChI is InChI=1S/C53H82O17P2/c1-3-5-7-9-11-13-15-17-19-21-22-23-25-27-29-31-33-35-37-39-47(56)68-45(43-67-72(64,65)70-53-50(59)48(57)49(58)52(51(53)60)69-71(61,62)63)42-66-46(55)41-40-44(54)38-36-34-32-30-28-26-24-20-18-16-14-12-10-8-6-4-2/h5-8,11-14,17-20,22-23,26-29,32,34,36,38,44-45,48-54,57-60H,3-4,9-10,15-16,21,24-25,30-31,33,35,37,39-43H2,1-2H3,(H,64,65)(H2,61,62,63)/b7-5-,8-6-,13-11-,14-12-,19-17-,20-18-,23-22-,28-26-,29-27-,34-32-,38-36-/t44?,45-,48?,49?,50?,51?,52-,53+/m1/s1. The number of carbonyl (C=O) groups excluding carboxylic acids is 2. The van der Waals surface area contributed by atoms with E-state index in [4.69, 9.17) is 18.5 Å². The van der Waals surface area contributed by atoms with Gasteiger partial charge >= 0.3 is 27.6 Å². The summed E-state index contributed by atoms with van der Waals surface area (Å²) in [5.41, 5.74) is 0. The van der Waals surface area contributed by atoms with E-state index in [0.717, 1.165) is 70.6 Å². The fraction of sp³-hybridized carbons (Fsp3) is 0.547. The maximum absolute atomic E-state index is 13.0. The topological polar surface area (TPSA) is 276 Å². The molecule has 0 bridgehead atoms. The maximum atomic E-state index is 13.0. The van der Waals surface area contributed by atoms with Gasteiger partial charge < -0.3 is 49.7 Å². The zero-order valence-electron chi connectivity index (χ0n) is 41.9. The Morgan fingerprint density at radius 2 is 0.972 bits per heavy atom. The van der Waals surface area contributed by atoms with E-state index in [2.05, 4.69) is 122 Å². The molecule has 0 amide bonds. The minimum Gasteiger partial charge on any atom is -0.462 e. The molecule has 17 nitrogen and oxygen atoms in total.